The molecule has 0 radical (unpaired) electrons. The van der Waals surface area contributed by atoms with Crippen LogP contribution in [0.2, 0.25) is 0 Å². The van der Waals surface area contributed by atoms with Crippen molar-refractivity contribution in [2.45, 2.75) is 25.7 Å². The van der Waals surface area contributed by atoms with Gasteiger partial charge < -0.3 is 15.2 Å². The van der Waals surface area contributed by atoms with E-state index in [-0.39, 0.29) is 12.3 Å². The van der Waals surface area contributed by atoms with Crippen LogP contribution < -0.4 is 5.73 Å². The molecule has 9 heavy (non-hydrogen) atoms. The van der Waals surface area contributed by atoms with Crippen LogP contribution in [0, 0.1) is 0 Å². The maximum Gasteiger partial charge on any atom is 0.158 e. The molecular weight excluding hydrogens is 118 g/mol. The van der Waals surface area contributed by atoms with E-state index in [0.29, 0.717) is 0 Å². The zero-order valence-corrected chi connectivity index (χ0v) is 6.26. The summed E-state index contributed by atoms with van der Waals surface area (Å²) in [6.07, 6.45) is 0.595. The minimum atomic E-state index is -0.148. The van der Waals surface area contributed by atoms with E-state index in [0.717, 1.165) is 6.42 Å². The van der Waals surface area contributed by atoms with Gasteiger partial charge in [0.1, 0.15) is 0 Å². The van der Waals surface area contributed by atoms with Gasteiger partial charge in [0.2, 0.25) is 0 Å². The lowest BCUT2D eigenvalue weighted by Gasteiger charge is -2.14. The molecule has 0 saturated heterocycles. The SMILES string of the molecule is COC(C[C@@H](C)N)OC. The van der Waals surface area contributed by atoms with E-state index in [1.54, 1.807) is 14.2 Å². The maximum atomic E-state index is 5.48. The first kappa shape index (κ1) is 8.88. The highest BCUT2D eigenvalue weighted by Gasteiger charge is 2.06. The summed E-state index contributed by atoms with van der Waals surface area (Å²) >= 11 is 0. The zero-order chi connectivity index (χ0) is 7.28. The van der Waals surface area contributed by atoms with Crippen LogP contribution >= 0.6 is 0 Å². The highest BCUT2D eigenvalue weighted by molar-refractivity contribution is 4.54. The highest BCUT2D eigenvalue weighted by atomic mass is 16.7. The lowest BCUT2D eigenvalue weighted by Crippen LogP contribution is -2.25. The Morgan fingerprint density at radius 3 is 1.89 bits per heavy atom. The molecule has 0 amide bonds. The molecule has 0 unspecified atom stereocenters. The Hall–Kier alpha value is -0.120. The van der Waals surface area contributed by atoms with Crippen LogP contribution in [0.15, 0.2) is 0 Å². The van der Waals surface area contributed by atoms with Gasteiger partial charge >= 0.3 is 0 Å². The van der Waals surface area contributed by atoms with E-state index in [2.05, 4.69) is 0 Å². The molecule has 0 aliphatic rings. The van der Waals surface area contributed by atoms with Gasteiger partial charge in [-0.15, -0.1) is 0 Å². The average molecular weight is 133 g/mol. The summed E-state index contributed by atoms with van der Waals surface area (Å²) in [7, 11) is 3.22. The molecule has 2 N–H and O–H groups in total. The van der Waals surface area contributed by atoms with Crippen molar-refractivity contribution < 1.29 is 9.47 Å². The smallest absolute Gasteiger partial charge is 0.158 e. The van der Waals surface area contributed by atoms with E-state index in [1.807, 2.05) is 6.92 Å². The van der Waals surface area contributed by atoms with Crippen molar-refractivity contribution >= 4 is 0 Å². The van der Waals surface area contributed by atoms with E-state index < -0.39 is 0 Å². The van der Waals surface area contributed by atoms with Gasteiger partial charge in [-0.1, -0.05) is 0 Å². The maximum absolute atomic E-state index is 5.48. The van der Waals surface area contributed by atoms with Crippen LogP contribution in [0.1, 0.15) is 13.3 Å². The van der Waals surface area contributed by atoms with Crippen molar-refractivity contribution in [3.05, 3.63) is 0 Å². The molecule has 0 rings (SSSR count). The molecule has 0 heterocycles. The van der Waals surface area contributed by atoms with Gasteiger partial charge in [0, 0.05) is 26.7 Å². The summed E-state index contributed by atoms with van der Waals surface area (Å²) in [5.74, 6) is 0. The second kappa shape index (κ2) is 4.73. The molecule has 0 fully saturated rings. The Morgan fingerprint density at radius 2 is 1.78 bits per heavy atom. The van der Waals surface area contributed by atoms with Gasteiger partial charge in [-0.3, -0.25) is 0 Å². The van der Waals surface area contributed by atoms with Crippen molar-refractivity contribution in [1.82, 2.24) is 0 Å². The van der Waals surface area contributed by atoms with Crippen molar-refractivity contribution in [1.29, 1.82) is 0 Å². The van der Waals surface area contributed by atoms with Crippen LogP contribution in [-0.2, 0) is 9.47 Å². The fourth-order valence-corrected chi connectivity index (χ4v) is 0.592. The highest BCUT2D eigenvalue weighted by Crippen LogP contribution is 1.99. The molecule has 1 atom stereocenters. The summed E-state index contributed by atoms with van der Waals surface area (Å²) in [5, 5.41) is 0. The zero-order valence-electron chi connectivity index (χ0n) is 6.26. The molecule has 0 bridgehead atoms. The second-order valence-corrected chi connectivity index (χ2v) is 2.11. The Bertz CT molecular complexity index is 62.1. The van der Waals surface area contributed by atoms with Gasteiger partial charge in [0.15, 0.2) is 6.29 Å². The first-order chi connectivity index (χ1) is 4.20. The lowest BCUT2D eigenvalue weighted by atomic mass is 10.2. The van der Waals surface area contributed by atoms with Gasteiger partial charge in [0.25, 0.3) is 0 Å². The van der Waals surface area contributed by atoms with Gasteiger partial charge in [-0.2, -0.15) is 0 Å². The quantitative estimate of drug-likeness (QED) is 0.562. The molecule has 3 heteroatoms. The van der Waals surface area contributed by atoms with Crippen molar-refractivity contribution in [3.63, 3.8) is 0 Å². The van der Waals surface area contributed by atoms with E-state index in [9.17, 15) is 0 Å². The van der Waals surface area contributed by atoms with E-state index in [4.69, 9.17) is 15.2 Å². The summed E-state index contributed by atoms with van der Waals surface area (Å²) in [4.78, 5) is 0. The fourth-order valence-electron chi connectivity index (χ4n) is 0.592. The molecule has 0 aromatic carbocycles. The standard InChI is InChI=1S/C6H15NO2/c1-5(7)4-6(8-2)9-3/h5-6H,4,7H2,1-3H3/t5-/m1/s1. The van der Waals surface area contributed by atoms with Crippen LogP contribution in [0.3, 0.4) is 0 Å². The van der Waals surface area contributed by atoms with Crippen molar-refractivity contribution in [2.75, 3.05) is 14.2 Å². The lowest BCUT2D eigenvalue weighted by molar-refractivity contribution is -0.108. The molecule has 56 valence electrons. The third kappa shape index (κ3) is 4.39. The predicted molar refractivity (Wildman–Crippen MR) is 36.1 cm³/mol. The molecule has 0 spiro atoms. The predicted octanol–water partition coefficient (Wildman–Crippen LogP) is 0.343. The third-order valence-corrected chi connectivity index (χ3v) is 1.09. The molecule has 0 aromatic heterocycles. The molecular formula is C6H15NO2. The van der Waals surface area contributed by atoms with E-state index in [1.165, 1.54) is 0 Å². The normalized spacial score (nSPS) is 14.3. The van der Waals surface area contributed by atoms with Crippen LogP contribution in [-0.4, -0.2) is 26.6 Å². The molecule has 0 aliphatic heterocycles. The summed E-state index contributed by atoms with van der Waals surface area (Å²) in [5.41, 5.74) is 5.48. The van der Waals surface area contributed by atoms with Gasteiger partial charge in [-0.05, 0) is 6.92 Å². The molecule has 0 aliphatic carbocycles. The number of hydrogen-bond acceptors (Lipinski definition) is 3. The Labute approximate surface area is 56.1 Å². The number of ether oxygens (including phenoxy) is 2. The van der Waals surface area contributed by atoms with Crippen molar-refractivity contribution in [2.24, 2.45) is 5.73 Å². The Balaban J connectivity index is 3.31. The molecule has 0 aromatic rings. The number of methoxy groups -OCH3 is 2. The average Bonchev–Trinajstić information content (AvgIpc) is 1.82. The first-order valence-electron chi connectivity index (χ1n) is 3.02. The van der Waals surface area contributed by atoms with Gasteiger partial charge in [0.05, 0.1) is 0 Å². The number of hydrogen-bond donors (Lipinski definition) is 1. The van der Waals surface area contributed by atoms with E-state index >= 15 is 0 Å². The first-order valence-corrected chi connectivity index (χ1v) is 3.02. The van der Waals surface area contributed by atoms with Gasteiger partial charge in [-0.25, -0.2) is 0 Å². The minimum absolute atomic E-state index is 0.134. The second-order valence-electron chi connectivity index (χ2n) is 2.11. The largest absolute Gasteiger partial charge is 0.356 e. The summed E-state index contributed by atoms with van der Waals surface area (Å²) in [6.45, 7) is 1.92. The third-order valence-electron chi connectivity index (χ3n) is 1.09. The van der Waals surface area contributed by atoms with Crippen molar-refractivity contribution in [3.8, 4) is 0 Å². The minimum Gasteiger partial charge on any atom is -0.356 e. The number of nitrogens with two attached hydrogens (primary N) is 1. The van der Waals surface area contributed by atoms with Crippen LogP contribution in [0.25, 0.3) is 0 Å². The molecule has 3 nitrogen and oxygen atoms in total. The summed E-state index contributed by atoms with van der Waals surface area (Å²) < 4.78 is 9.82. The number of rotatable bonds is 4. The molecule has 0 saturated carbocycles. The Morgan fingerprint density at radius 1 is 1.33 bits per heavy atom. The monoisotopic (exact) mass is 133 g/mol. The van der Waals surface area contributed by atoms with Crippen LogP contribution in [0.5, 0.6) is 0 Å². The topological polar surface area (TPSA) is 44.5 Å². The summed E-state index contributed by atoms with van der Waals surface area (Å²) in [6, 6.07) is 0.134. The Kier molecular flexibility index (Phi) is 4.67. The van der Waals surface area contributed by atoms with Crippen LogP contribution in [0.4, 0.5) is 0 Å². The fraction of sp³-hybridized carbons (Fsp3) is 1.00.